The highest BCUT2D eigenvalue weighted by molar-refractivity contribution is 5.95. The summed E-state index contributed by atoms with van der Waals surface area (Å²) in [4.78, 5) is 23.0. The molecule has 2 unspecified atom stereocenters. The average molecular weight is 276 g/mol. The van der Waals surface area contributed by atoms with E-state index < -0.39 is 6.10 Å². The summed E-state index contributed by atoms with van der Waals surface area (Å²) in [5.41, 5.74) is 1.18. The molecule has 0 bridgehead atoms. The number of nitrogens with one attached hydrogen (secondary N) is 2. The van der Waals surface area contributed by atoms with Crippen molar-refractivity contribution in [3.8, 4) is 0 Å². The van der Waals surface area contributed by atoms with Gasteiger partial charge in [0.15, 0.2) is 0 Å². The predicted octanol–water partition coefficient (Wildman–Crippen LogP) is 1.68. The lowest BCUT2D eigenvalue weighted by atomic mass is 9.92. The molecule has 1 saturated carbocycles. The van der Waals surface area contributed by atoms with E-state index in [0.717, 1.165) is 25.7 Å². The molecule has 1 aromatic rings. The maximum Gasteiger partial charge on any atom is 0.251 e. The van der Waals surface area contributed by atoms with Gasteiger partial charge in [0, 0.05) is 18.2 Å². The maximum absolute atomic E-state index is 12.1. The van der Waals surface area contributed by atoms with Crippen molar-refractivity contribution >= 4 is 17.5 Å². The van der Waals surface area contributed by atoms with Crippen molar-refractivity contribution in [1.29, 1.82) is 0 Å². The molecular formula is C15H20N2O3. The molecule has 2 amide bonds. The average Bonchev–Trinajstić information content (AvgIpc) is 2.41. The van der Waals surface area contributed by atoms with Gasteiger partial charge in [-0.25, -0.2) is 0 Å². The molecule has 1 aliphatic carbocycles. The third-order valence-corrected chi connectivity index (χ3v) is 3.51. The molecule has 108 valence electrons. The van der Waals surface area contributed by atoms with E-state index in [4.69, 9.17) is 0 Å². The Bertz CT molecular complexity index is 484. The van der Waals surface area contributed by atoms with Crippen LogP contribution in [-0.2, 0) is 4.79 Å². The Morgan fingerprint density at radius 3 is 2.40 bits per heavy atom. The Morgan fingerprint density at radius 2 is 1.80 bits per heavy atom. The third-order valence-electron chi connectivity index (χ3n) is 3.51. The Labute approximate surface area is 118 Å². The smallest absolute Gasteiger partial charge is 0.251 e. The zero-order chi connectivity index (χ0) is 14.5. The first-order valence-electron chi connectivity index (χ1n) is 6.93. The molecule has 2 rings (SSSR count). The molecule has 1 fully saturated rings. The van der Waals surface area contributed by atoms with Crippen LogP contribution in [0.15, 0.2) is 24.3 Å². The SMILES string of the molecule is CC(=O)Nc1ccc(C(=O)NC2CCCCC2O)cc1. The van der Waals surface area contributed by atoms with Crippen molar-refractivity contribution in [3.05, 3.63) is 29.8 Å². The van der Waals surface area contributed by atoms with E-state index >= 15 is 0 Å². The van der Waals surface area contributed by atoms with Crippen LogP contribution in [0.25, 0.3) is 0 Å². The van der Waals surface area contributed by atoms with Crippen LogP contribution in [-0.4, -0.2) is 29.1 Å². The zero-order valence-electron chi connectivity index (χ0n) is 11.6. The molecule has 0 spiro atoms. The fraction of sp³-hybridized carbons (Fsp3) is 0.467. The summed E-state index contributed by atoms with van der Waals surface area (Å²) in [5.74, 6) is -0.335. The second-order valence-electron chi connectivity index (χ2n) is 5.19. The highest BCUT2D eigenvalue weighted by Gasteiger charge is 2.24. The molecule has 5 heteroatoms. The second-order valence-corrected chi connectivity index (χ2v) is 5.19. The normalized spacial score (nSPS) is 22.1. The van der Waals surface area contributed by atoms with Crippen molar-refractivity contribution in [2.24, 2.45) is 0 Å². The molecule has 0 heterocycles. The van der Waals surface area contributed by atoms with Gasteiger partial charge in [0.1, 0.15) is 0 Å². The minimum atomic E-state index is -0.452. The molecule has 0 aliphatic heterocycles. The largest absolute Gasteiger partial charge is 0.391 e. The molecule has 0 radical (unpaired) electrons. The number of benzene rings is 1. The third kappa shape index (κ3) is 3.81. The number of anilines is 1. The molecule has 20 heavy (non-hydrogen) atoms. The summed E-state index contributed by atoms with van der Waals surface area (Å²) in [6.45, 7) is 1.44. The van der Waals surface area contributed by atoms with E-state index in [2.05, 4.69) is 10.6 Å². The summed E-state index contributed by atoms with van der Waals surface area (Å²) >= 11 is 0. The molecule has 2 atom stereocenters. The van der Waals surface area contributed by atoms with Crippen LogP contribution in [0.1, 0.15) is 43.0 Å². The minimum absolute atomic E-state index is 0.146. The number of carbonyl (C=O) groups excluding carboxylic acids is 2. The fourth-order valence-electron chi connectivity index (χ4n) is 2.44. The Hall–Kier alpha value is -1.88. The summed E-state index contributed by atoms with van der Waals surface area (Å²) in [6, 6.07) is 6.54. The fourth-order valence-corrected chi connectivity index (χ4v) is 2.44. The van der Waals surface area contributed by atoms with Gasteiger partial charge in [-0.05, 0) is 37.1 Å². The van der Waals surface area contributed by atoms with E-state index in [-0.39, 0.29) is 17.9 Å². The number of aliphatic hydroxyl groups excluding tert-OH is 1. The van der Waals surface area contributed by atoms with Crippen molar-refractivity contribution < 1.29 is 14.7 Å². The topological polar surface area (TPSA) is 78.4 Å². The van der Waals surface area contributed by atoms with Crippen LogP contribution >= 0.6 is 0 Å². The van der Waals surface area contributed by atoms with Gasteiger partial charge in [-0.1, -0.05) is 12.8 Å². The van der Waals surface area contributed by atoms with E-state index in [1.54, 1.807) is 24.3 Å². The second kappa shape index (κ2) is 6.52. The van der Waals surface area contributed by atoms with E-state index in [1.165, 1.54) is 6.92 Å². The van der Waals surface area contributed by atoms with Gasteiger partial charge >= 0.3 is 0 Å². The Kier molecular flexibility index (Phi) is 4.74. The van der Waals surface area contributed by atoms with E-state index in [1.807, 2.05) is 0 Å². The summed E-state index contributed by atoms with van der Waals surface area (Å²) < 4.78 is 0. The van der Waals surface area contributed by atoms with Gasteiger partial charge in [0.25, 0.3) is 5.91 Å². The van der Waals surface area contributed by atoms with Gasteiger partial charge in [0.2, 0.25) is 5.91 Å². The van der Waals surface area contributed by atoms with Crippen LogP contribution in [0.4, 0.5) is 5.69 Å². The highest BCUT2D eigenvalue weighted by Crippen LogP contribution is 2.19. The standard InChI is InChI=1S/C15H20N2O3/c1-10(18)16-12-8-6-11(7-9-12)15(20)17-13-4-2-3-5-14(13)19/h6-9,13-14,19H,2-5H2,1H3,(H,16,18)(H,17,20). The van der Waals surface area contributed by atoms with Gasteiger partial charge in [0.05, 0.1) is 12.1 Å². The van der Waals surface area contributed by atoms with Crippen LogP contribution in [0.3, 0.4) is 0 Å². The van der Waals surface area contributed by atoms with E-state index in [0.29, 0.717) is 11.3 Å². The molecule has 0 aromatic heterocycles. The van der Waals surface area contributed by atoms with Crippen LogP contribution in [0, 0.1) is 0 Å². The van der Waals surface area contributed by atoms with Crippen LogP contribution in [0.5, 0.6) is 0 Å². The predicted molar refractivity (Wildman–Crippen MR) is 76.5 cm³/mol. The number of amides is 2. The molecule has 5 nitrogen and oxygen atoms in total. The van der Waals surface area contributed by atoms with Gasteiger partial charge < -0.3 is 15.7 Å². The van der Waals surface area contributed by atoms with Crippen molar-refractivity contribution in [2.45, 2.75) is 44.8 Å². The number of carbonyl (C=O) groups is 2. The Balaban J connectivity index is 1.96. The highest BCUT2D eigenvalue weighted by atomic mass is 16.3. The van der Waals surface area contributed by atoms with Crippen molar-refractivity contribution in [1.82, 2.24) is 5.32 Å². The van der Waals surface area contributed by atoms with Crippen molar-refractivity contribution in [2.75, 3.05) is 5.32 Å². The molecule has 1 aromatic carbocycles. The van der Waals surface area contributed by atoms with Crippen molar-refractivity contribution in [3.63, 3.8) is 0 Å². The van der Waals surface area contributed by atoms with Gasteiger partial charge in [-0.2, -0.15) is 0 Å². The number of hydrogen-bond donors (Lipinski definition) is 3. The number of rotatable bonds is 3. The first kappa shape index (κ1) is 14.5. The molecule has 3 N–H and O–H groups in total. The van der Waals surface area contributed by atoms with Gasteiger partial charge in [-0.3, -0.25) is 9.59 Å². The summed E-state index contributed by atoms with van der Waals surface area (Å²) in [7, 11) is 0. The summed E-state index contributed by atoms with van der Waals surface area (Å²) in [6.07, 6.45) is 3.15. The molecular weight excluding hydrogens is 256 g/mol. The number of aliphatic hydroxyl groups is 1. The lowest BCUT2D eigenvalue weighted by molar-refractivity contribution is -0.114. The van der Waals surface area contributed by atoms with Crippen LogP contribution < -0.4 is 10.6 Å². The minimum Gasteiger partial charge on any atom is -0.391 e. The number of hydrogen-bond acceptors (Lipinski definition) is 3. The van der Waals surface area contributed by atoms with Gasteiger partial charge in [-0.15, -0.1) is 0 Å². The maximum atomic E-state index is 12.1. The van der Waals surface area contributed by atoms with Crippen LogP contribution in [0.2, 0.25) is 0 Å². The Morgan fingerprint density at radius 1 is 1.15 bits per heavy atom. The molecule has 0 saturated heterocycles. The first-order valence-corrected chi connectivity index (χ1v) is 6.93. The quantitative estimate of drug-likeness (QED) is 0.786. The monoisotopic (exact) mass is 276 g/mol. The molecule has 1 aliphatic rings. The summed E-state index contributed by atoms with van der Waals surface area (Å²) in [5, 5.41) is 15.4. The lowest BCUT2D eigenvalue weighted by Crippen LogP contribution is -2.45. The first-order chi connectivity index (χ1) is 9.56. The van der Waals surface area contributed by atoms with E-state index in [9.17, 15) is 14.7 Å². The lowest BCUT2D eigenvalue weighted by Gasteiger charge is -2.28. The zero-order valence-corrected chi connectivity index (χ0v) is 11.6.